The van der Waals surface area contributed by atoms with Crippen molar-refractivity contribution >= 4 is 19.2 Å². The number of hydrogen-bond donors (Lipinski definition) is 3. The van der Waals surface area contributed by atoms with Crippen LogP contribution in [0, 0.1) is 10.1 Å². The molecule has 11 heteroatoms. The number of nitro groups is 1. The first kappa shape index (κ1) is 15.0. The van der Waals surface area contributed by atoms with Gasteiger partial charge in [-0.3, -0.25) is 10.1 Å². The Balaban J connectivity index is 0.000000437. The molecule has 0 radical (unpaired) electrons. The highest BCUT2D eigenvalue weighted by Crippen LogP contribution is 2.25. The Morgan fingerprint density at radius 2 is 1.71 bits per heavy atom. The van der Waals surface area contributed by atoms with E-state index in [0.29, 0.717) is 5.69 Å². The fourth-order valence-corrected chi connectivity index (χ4v) is 0.693. The molecule has 0 aliphatic carbocycles. The lowest BCUT2D eigenvalue weighted by Crippen LogP contribution is -1.85. The van der Waals surface area contributed by atoms with E-state index in [4.69, 9.17) is 24.8 Å². The van der Waals surface area contributed by atoms with Crippen molar-refractivity contribution in [2.45, 2.75) is 0 Å². The summed E-state index contributed by atoms with van der Waals surface area (Å²) in [4.78, 5) is 33.8. The molecule has 0 saturated carbocycles. The Morgan fingerprint density at radius 1 is 1.29 bits per heavy atom. The highest BCUT2D eigenvalue weighted by atomic mass is 31.2. The van der Waals surface area contributed by atoms with Gasteiger partial charge in [0.25, 0.3) is 5.69 Å². The quantitative estimate of drug-likeness (QED) is 0.182. The van der Waals surface area contributed by atoms with Gasteiger partial charge in [-0.2, -0.15) is 0 Å². The Hall–Kier alpha value is -1.96. The predicted molar refractivity (Wildman–Crippen MR) is 56.2 cm³/mol. The van der Waals surface area contributed by atoms with Crippen LogP contribution in [0.2, 0.25) is 0 Å². The van der Waals surface area contributed by atoms with Gasteiger partial charge in [0.2, 0.25) is 0 Å². The van der Waals surface area contributed by atoms with E-state index in [-0.39, 0.29) is 5.69 Å². The molecule has 0 atom stereocenters. The molecule has 0 heterocycles. The lowest BCUT2D eigenvalue weighted by molar-refractivity contribution is -0.384. The fraction of sp³-hybridized carbons (Fsp3) is 0. The molecule has 0 bridgehead atoms. The molecule has 0 aliphatic rings. The van der Waals surface area contributed by atoms with E-state index < -0.39 is 12.7 Å². The van der Waals surface area contributed by atoms with Crippen molar-refractivity contribution in [2.24, 2.45) is 5.11 Å². The number of nitro benzene ring substituents is 1. The van der Waals surface area contributed by atoms with Gasteiger partial charge >= 0.3 is 7.82 Å². The number of benzene rings is 1. The molecular weight excluding hydrogens is 255 g/mol. The minimum atomic E-state index is -4.64. The van der Waals surface area contributed by atoms with Crippen molar-refractivity contribution in [3.63, 3.8) is 0 Å². The van der Waals surface area contributed by atoms with Crippen LogP contribution in [0.3, 0.4) is 0 Å². The molecule has 0 spiro atoms. The number of phosphoric acid groups is 1. The second kappa shape index (κ2) is 6.59. The highest BCUT2D eigenvalue weighted by Gasteiger charge is 2.02. The summed E-state index contributed by atoms with van der Waals surface area (Å²) in [5.74, 6) is 0. The predicted octanol–water partition coefficient (Wildman–Crippen LogP) is 1.61. The largest absolute Gasteiger partial charge is 0.466 e. The van der Waals surface area contributed by atoms with Crippen molar-refractivity contribution in [3.05, 3.63) is 44.8 Å². The van der Waals surface area contributed by atoms with Crippen molar-refractivity contribution in [1.82, 2.24) is 0 Å². The van der Waals surface area contributed by atoms with Gasteiger partial charge in [0, 0.05) is 22.7 Å². The second-order valence-corrected chi connectivity index (χ2v) is 3.50. The first-order valence-electron chi connectivity index (χ1n) is 3.82. The van der Waals surface area contributed by atoms with Gasteiger partial charge in [0.05, 0.1) is 4.92 Å². The molecule has 10 nitrogen and oxygen atoms in total. The summed E-state index contributed by atoms with van der Waals surface area (Å²) in [6, 6.07) is 5.34. The first-order chi connectivity index (χ1) is 7.74. The Kier molecular flexibility index (Phi) is 5.83. The molecular formula is C6H7N4O6P. The van der Waals surface area contributed by atoms with Gasteiger partial charge in [0.1, 0.15) is 0 Å². The highest BCUT2D eigenvalue weighted by molar-refractivity contribution is 7.45. The third kappa shape index (κ3) is 9.00. The molecule has 17 heavy (non-hydrogen) atoms. The van der Waals surface area contributed by atoms with E-state index in [0.717, 1.165) is 0 Å². The molecule has 3 N–H and O–H groups in total. The molecule has 92 valence electrons. The van der Waals surface area contributed by atoms with Crippen LogP contribution < -0.4 is 0 Å². The molecule has 0 saturated heterocycles. The number of nitrogens with zero attached hydrogens (tertiary/aromatic N) is 4. The summed E-state index contributed by atoms with van der Waals surface area (Å²) < 4.78 is 8.88. The Labute approximate surface area is 94.2 Å². The van der Waals surface area contributed by atoms with Crippen molar-refractivity contribution in [1.29, 1.82) is 0 Å². The minimum Gasteiger partial charge on any atom is -0.303 e. The van der Waals surface area contributed by atoms with E-state index in [9.17, 15) is 10.1 Å². The molecule has 1 aromatic rings. The summed E-state index contributed by atoms with van der Waals surface area (Å²) in [6.07, 6.45) is 0. The Morgan fingerprint density at radius 3 is 2.00 bits per heavy atom. The summed E-state index contributed by atoms with van der Waals surface area (Å²) >= 11 is 0. The summed E-state index contributed by atoms with van der Waals surface area (Å²) in [6.45, 7) is 0. The van der Waals surface area contributed by atoms with Crippen molar-refractivity contribution < 1.29 is 24.2 Å². The van der Waals surface area contributed by atoms with Crippen LogP contribution in [-0.4, -0.2) is 19.6 Å². The van der Waals surface area contributed by atoms with Gasteiger partial charge in [0.15, 0.2) is 0 Å². The monoisotopic (exact) mass is 262 g/mol. The maximum Gasteiger partial charge on any atom is 0.466 e. The first-order valence-corrected chi connectivity index (χ1v) is 5.38. The van der Waals surface area contributed by atoms with E-state index >= 15 is 0 Å². The summed E-state index contributed by atoms with van der Waals surface area (Å²) in [7, 11) is -4.64. The average Bonchev–Trinajstić information content (AvgIpc) is 2.16. The molecule has 1 rings (SSSR count). The van der Waals surface area contributed by atoms with E-state index in [1.807, 2.05) is 0 Å². The second-order valence-electron chi connectivity index (χ2n) is 2.48. The van der Waals surface area contributed by atoms with Gasteiger partial charge < -0.3 is 14.7 Å². The van der Waals surface area contributed by atoms with Gasteiger partial charge in [-0.05, 0) is 17.7 Å². The van der Waals surface area contributed by atoms with Crippen LogP contribution in [0.5, 0.6) is 0 Å². The topological polar surface area (TPSA) is 170 Å². The lowest BCUT2D eigenvalue weighted by Gasteiger charge is -1.90. The zero-order valence-corrected chi connectivity index (χ0v) is 9.01. The number of rotatable bonds is 2. The third-order valence-corrected chi connectivity index (χ3v) is 1.22. The van der Waals surface area contributed by atoms with Crippen LogP contribution in [0.15, 0.2) is 29.4 Å². The zero-order chi connectivity index (χ0) is 13.5. The molecule has 0 unspecified atom stereocenters. The number of non-ortho nitro benzene ring substituents is 1. The SMILES string of the molecule is O=P(O)(O)O.[N-]=[N+]=Nc1ccc([N+](=O)[O-])cc1. The van der Waals surface area contributed by atoms with Crippen molar-refractivity contribution in [3.8, 4) is 0 Å². The number of hydrogen-bond acceptors (Lipinski definition) is 4. The summed E-state index contributed by atoms with van der Waals surface area (Å²) in [5.41, 5.74) is 8.37. The average molecular weight is 262 g/mol. The van der Waals surface area contributed by atoms with Crippen LogP contribution in [0.4, 0.5) is 11.4 Å². The smallest absolute Gasteiger partial charge is 0.303 e. The van der Waals surface area contributed by atoms with E-state index in [1.54, 1.807) is 0 Å². The van der Waals surface area contributed by atoms with Crippen LogP contribution in [-0.2, 0) is 4.57 Å². The van der Waals surface area contributed by atoms with Gasteiger partial charge in [-0.15, -0.1) is 0 Å². The maximum absolute atomic E-state index is 10.2. The standard InChI is InChI=1S/C6H4N4O2.H3O4P/c7-9-8-5-1-3-6(4-2-5)10(11)12;1-5(2,3)4/h1-4H;(H3,1,2,3,4). The van der Waals surface area contributed by atoms with E-state index in [1.165, 1.54) is 24.3 Å². The van der Waals surface area contributed by atoms with E-state index in [2.05, 4.69) is 10.0 Å². The maximum atomic E-state index is 10.2. The zero-order valence-electron chi connectivity index (χ0n) is 8.11. The minimum absolute atomic E-state index is 0.0214. The van der Waals surface area contributed by atoms with Crippen molar-refractivity contribution in [2.75, 3.05) is 0 Å². The fourth-order valence-electron chi connectivity index (χ4n) is 0.693. The van der Waals surface area contributed by atoms with Gasteiger partial charge in [-0.25, -0.2) is 4.57 Å². The third-order valence-electron chi connectivity index (χ3n) is 1.22. The molecule has 0 aromatic heterocycles. The molecule has 0 aliphatic heterocycles. The lowest BCUT2D eigenvalue weighted by atomic mass is 10.3. The Bertz CT molecular complexity index is 447. The molecule has 0 amide bonds. The van der Waals surface area contributed by atoms with Crippen LogP contribution >= 0.6 is 7.82 Å². The molecule has 0 fully saturated rings. The number of azide groups is 1. The van der Waals surface area contributed by atoms with Crippen LogP contribution in [0.25, 0.3) is 10.4 Å². The normalized spacial score (nSPS) is 9.59. The van der Waals surface area contributed by atoms with Gasteiger partial charge in [-0.1, -0.05) is 5.11 Å². The molecule has 1 aromatic carbocycles. The van der Waals surface area contributed by atoms with Crippen LogP contribution in [0.1, 0.15) is 0 Å². The summed E-state index contributed by atoms with van der Waals surface area (Å²) in [5, 5.41) is 13.4.